The molecule has 0 fully saturated rings. The number of hydrogen-bond donors (Lipinski definition) is 1. The summed E-state index contributed by atoms with van der Waals surface area (Å²) in [6.07, 6.45) is 5.76. The third kappa shape index (κ3) is 10.5. The van der Waals surface area contributed by atoms with Crippen molar-refractivity contribution < 1.29 is 40.5 Å². The normalized spacial score (nSPS) is 10.8. The van der Waals surface area contributed by atoms with Crippen molar-refractivity contribution in [1.29, 1.82) is 0 Å². The molecule has 0 bridgehead atoms. The number of ketones is 1. The maximum absolute atomic E-state index is 12.1. The number of amides is 1. The maximum atomic E-state index is 12.1. The van der Waals surface area contributed by atoms with E-state index >= 15 is 0 Å². The first-order chi connectivity index (χ1) is 16.8. The second-order valence-corrected chi connectivity index (χ2v) is 9.36. The molecule has 7 heteroatoms. The van der Waals surface area contributed by atoms with Gasteiger partial charge in [-0.05, 0) is 56.0 Å². The van der Waals surface area contributed by atoms with Gasteiger partial charge >= 0.3 is 0 Å². The Bertz CT molecular complexity index is 974. The van der Waals surface area contributed by atoms with Gasteiger partial charge in [-0.3, -0.25) is 9.59 Å². The Kier molecular flexibility index (Phi) is 14.1. The molecular formula is C29H41BrN2O4. The summed E-state index contributed by atoms with van der Waals surface area (Å²) in [5.41, 5.74) is 1.69. The molecule has 2 aromatic carbocycles. The number of allylic oxidation sites excluding steroid dienone is 1. The average molecular weight is 562 g/mol. The summed E-state index contributed by atoms with van der Waals surface area (Å²) in [6.45, 7) is 10.4. The molecule has 6 nitrogen and oxygen atoms in total. The molecule has 2 aromatic rings. The van der Waals surface area contributed by atoms with E-state index < -0.39 is 0 Å². The molecule has 0 aliphatic heterocycles. The first-order valence-corrected chi connectivity index (χ1v) is 12.5. The number of ether oxygens (including phenoxy) is 2. The van der Waals surface area contributed by atoms with Crippen LogP contribution in [0.4, 0.5) is 0 Å². The van der Waals surface area contributed by atoms with Crippen molar-refractivity contribution in [1.82, 2.24) is 5.32 Å². The zero-order chi connectivity index (χ0) is 25.7. The van der Waals surface area contributed by atoms with Crippen molar-refractivity contribution in [2.24, 2.45) is 0 Å². The van der Waals surface area contributed by atoms with Crippen molar-refractivity contribution >= 4 is 11.7 Å². The lowest BCUT2D eigenvalue weighted by molar-refractivity contribution is -0.882. The van der Waals surface area contributed by atoms with Crippen LogP contribution in [0.2, 0.25) is 0 Å². The number of unbranched alkanes of at least 4 members (excludes halogenated alkanes) is 1. The number of halogens is 1. The van der Waals surface area contributed by atoms with Gasteiger partial charge in [0.2, 0.25) is 0 Å². The molecule has 198 valence electrons. The Balaban J connectivity index is 0.00000648. The summed E-state index contributed by atoms with van der Waals surface area (Å²) in [4.78, 5) is 23.9. The zero-order valence-corrected chi connectivity index (χ0v) is 23.7. The van der Waals surface area contributed by atoms with E-state index in [9.17, 15) is 9.59 Å². The van der Waals surface area contributed by atoms with E-state index in [2.05, 4.69) is 32.9 Å². The number of hydrogen-bond acceptors (Lipinski definition) is 4. The smallest absolute Gasteiger partial charge is 0.275 e. The van der Waals surface area contributed by atoms with Gasteiger partial charge in [-0.1, -0.05) is 32.1 Å². The van der Waals surface area contributed by atoms with E-state index in [0.29, 0.717) is 53.3 Å². The third-order valence-electron chi connectivity index (χ3n) is 5.70. The van der Waals surface area contributed by atoms with Crippen LogP contribution in [-0.2, 0) is 11.2 Å². The monoisotopic (exact) mass is 560 g/mol. The SMILES string of the molecule is C=CCc1cccc(Oc2ccc(C(=O)CC)cc2)c1OCCCC[N+](C)(C)CC(=O)NCCC.[Br-]. The van der Waals surface area contributed by atoms with Crippen LogP contribution < -0.4 is 31.8 Å². The van der Waals surface area contributed by atoms with Gasteiger partial charge in [-0.25, -0.2) is 0 Å². The Labute approximate surface area is 227 Å². The highest BCUT2D eigenvalue weighted by Gasteiger charge is 2.19. The first-order valence-electron chi connectivity index (χ1n) is 12.5. The summed E-state index contributed by atoms with van der Waals surface area (Å²) in [6, 6.07) is 13.0. The predicted molar refractivity (Wildman–Crippen MR) is 141 cm³/mol. The molecule has 2 rings (SSSR count). The van der Waals surface area contributed by atoms with Gasteiger partial charge in [0.1, 0.15) is 5.75 Å². The topological polar surface area (TPSA) is 64.6 Å². The number of para-hydroxylation sites is 1. The van der Waals surface area contributed by atoms with Crippen molar-refractivity contribution in [2.75, 3.05) is 40.3 Å². The molecule has 0 radical (unpaired) electrons. The molecular weight excluding hydrogens is 520 g/mol. The lowest BCUT2D eigenvalue weighted by Gasteiger charge is -2.29. The minimum Gasteiger partial charge on any atom is -1.00 e. The summed E-state index contributed by atoms with van der Waals surface area (Å²) >= 11 is 0. The highest BCUT2D eigenvalue weighted by atomic mass is 79.9. The summed E-state index contributed by atoms with van der Waals surface area (Å²) in [5, 5.41) is 2.95. The van der Waals surface area contributed by atoms with Gasteiger partial charge < -0.3 is 36.3 Å². The van der Waals surface area contributed by atoms with E-state index in [-0.39, 0.29) is 28.7 Å². The molecule has 0 atom stereocenters. The number of likely N-dealkylation sites (N-methyl/N-ethyl adjacent to an activating group) is 1. The van der Waals surface area contributed by atoms with Gasteiger partial charge in [-0.15, -0.1) is 6.58 Å². The highest BCUT2D eigenvalue weighted by molar-refractivity contribution is 5.95. The number of carbonyl (C=O) groups is 2. The van der Waals surface area contributed by atoms with Crippen LogP contribution in [0, 0.1) is 0 Å². The summed E-state index contributed by atoms with van der Waals surface area (Å²) in [7, 11) is 4.16. The molecule has 0 spiro atoms. The number of benzene rings is 2. The van der Waals surface area contributed by atoms with Crippen molar-refractivity contribution in [3.05, 3.63) is 66.2 Å². The van der Waals surface area contributed by atoms with Gasteiger partial charge in [0, 0.05) is 24.1 Å². The number of nitrogens with zero attached hydrogens (tertiary/aromatic N) is 1. The van der Waals surface area contributed by atoms with E-state index in [0.717, 1.165) is 37.9 Å². The van der Waals surface area contributed by atoms with Crippen LogP contribution in [0.3, 0.4) is 0 Å². The van der Waals surface area contributed by atoms with Crippen LogP contribution in [0.25, 0.3) is 0 Å². The Morgan fingerprint density at radius 3 is 2.42 bits per heavy atom. The van der Waals surface area contributed by atoms with Crippen molar-refractivity contribution in [3.63, 3.8) is 0 Å². The zero-order valence-electron chi connectivity index (χ0n) is 22.1. The fourth-order valence-corrected chi connectivity index (χ4v) is 3.77. The Hall–Kier alpha value is -2.64. The second kappa shape index (κ2) is 16.2. The predicted octanol–water partition coefficient (Wildman–Crippen LogP) is 2.57. The molecule has 36 heavy (non-hydrogen) atoms. The van der Waals surface area contributed by atoms with E-state index in [1.54, 1.807) is 12.1 Å². The van der Waals surface area contributed by atoms with Crippen molar-refractivity contribution in [2.45, 2.75) is 46.0 Å². The Morgan fingerprint density at radius 2 is 1.78 bits per heavy atom. The maximum Gasteiger partial charge on any atom is 0.275 e. The lowest BCUT2D eigenvalue weighted by Crippen LogP contribution is -3.00. The van der Waals surface area contributed by atoms with Crippen molar-refractivity contribution in [3.8, 4) is 17.2 Å². The van der Waals surface area contributed by atoms with Crippen LogP contribution in [0.1, 0.15) is 55.5 Å². The van der Waals surface area contributed by atoms with Crippen LogP contribution in [0.15, 0.2) is 55.1 Å². The standard InChI is InChI=1S/C29H40N2O4.BrH/c1-6-12-24-13-11-14-27(35-25-17-15-23(16-18-25)26(32)8-3)29(24)34-21-10-9-20-31(4,5)22-28(33)30-19-7-2;/h6,11,13-18H,1,7-10,12,19-22H2,2-5H3;1H. The summed E-state index contributed by atoms with van der Waals surface area (Å²) < 4.78 is 13.0. The van der Waals surface area contributed by atoms with Gasteiger partial charge in [0.25, 0.3) is 5.91 Å². The van der Waals surface area contributed by atoms with E-state index in [1.165, 1.54) is 0 Å². The quantitative estimate of drug-likeness (QED) is 0.148. The number of rotatable bonds is 16. The average Bonchev–Trinajstić information content (AvgIpc) is 2.83. The van der Waals surface area contributed by atoms with Crippen LogP contribution in [0.5, 0.6) is 17.2 Å². The summed E-state index contributed by atoms with van der Waals surface area (Å²) in [5.74, 6) is 2.22. The van der Waals surface area contributed by atoms with Crippen LogP contribution >= 0.6 is 0 Å². The Morgan fingerprint density at radius 1 is 1.06 bits per heavy atom. The number of Topliss-reactive ketones (excluding diaryl/α,β-unsaturated/α-hetero) is 1. The first kappa shape index (κ1) is 31.4. The number of quaternary nitrogens is 1. The third-order valence-corrected chi connectivity index (χ3v) is 5.70. The molecule has 1 amide bonds. The number of carbonyl (C=O) groups excluding carboxylic acids is 2. The van der Waals surface area contributed by atoms with Crippen LogP contribution in [-0.4, -0.2) is 56.5 Å². The molecule has 0 heterocycles. The molecule has 0 aromatic heterocycles. The molecule has 0 saturated heterocycles. The minimum atomic E-state index is 0. The number of nitrogens with one attached hydrogen (secondary N) is 1. The van der Waals surface area contributed by atoms with Gasteiger partial charge in [0.15, 0.2) is 23.8 Å². The fourth-order valence-electron chi connectivity index (χ4n) is 3.77. The second-order valence-electron chi connectivity index (χ2n) is 9.36. The molecule has 0 aliphatic carbocycles. The van der Waals surface area contributed by atoms with Gasteiger partial charge in [-0.2, -0.15) is 0 Å². The molecule has 0 aliphatic rings. The molecule has 0 saturated carbocycles. The van der Waals surface area contributed by atoms with E-state index in [4.69, 9.17) is 9.47 Å². The lowest BCUT2D eigenvalue weighted by atomic mass is 10.1. The highest BCUT2D eigenvalue weighted by Crippen LogP contribution is 2.35. The largest absolute Gasteiger partial charge is 1.00 e. The van der Waals surface area contributed by atoms with E-state index in [1.807, 2.05) is 43.3 Å². The molecule has 0 unspecified atom stereocenters. The minimum absolute atomic E-state index is 0. The van der Waals surface area contributed by atoms with Gasteiger partial charge in [0.05, 0.1) is 27.2 Å². The fraction of sp³-hybridized carbons (Fsp3) is 0.448. The molecule has 1 N–H and O–H groups in total.